The van der Waals surface area contributed by atoms with Crippen LogP contribution in [0.25, 0.3) is 0 Å². The van der Waals surface area contributed by atoms with Crippen molar-refractivity contribution in [3.63, 3.8) is 0 Å². The van der Waals surface area contributed by atoms with Crippen LogP contribution in [0.5, 0.6) is 0 Å². The van der Waals surface area contributed by atoms with E-state index < -0.39 is 0 Å². The number of ether oxygens (including phenoxy) is 2. The fraction of sp³-hybridized carbons (Fsp3) is 0.429. The van der Waals surface area contributed by atoms with Crippen molar-refractivity contribution in [1.82, 2.24) is 0 Å². The van der Waals surface area contributed by atoms with Crippen LogP contribution in [-0.2, 0) is 9.47 Å². The third-order valence-electron chi connectivity index (χ3n) is 2.32. The summed E-state index contributed by atoms with van der Waals surface area (Å²) in [5.74, 6) is 1.50. The molecule has 0 radical (unpaired) electrons. The maximum absolute atomic E-state index is 5.79. The molecule has 0 fully saturated rings. The lowest BCUT2D eigenvalue weighted by molar-refractivity contribution is 0.132. The Balaban J connectivity index is 5.06. The molecule has 0 heterocycles. The Hall–Kier alpha value is -1.44. The van der Waals surface area contributed by atoms with Crippen molar-refractivity contribution in [2.75, 3.05) is 7.11 Å². The van der Waals surface area contributed by atoms with Crippen LogP contribution in [0.15, 0.2) is 48.5 Å². The highest BCUT2D eigenvalue weighted by atomic mass is 16.5. The van der Waals surface area contributed by atoms with Gasteiger partial charge in [-0.3, -0.25) is 0 Å². The highest BCUT2D eigenvalue weighted by Gasteiger charge is 2.09. The van der Waals surface area contributed by atoms with Gasteiger partial charge < -0.3 is 9.47 Å². The molecular weight excluding hydrogens is 200 g/mol. The van der Waals surface area contributed by atoms with Crippen molar-refractivity contribution in [3.05, 3.63) is 48.5 Å². The first kappa shape index (κ1) is 14.6. The lowest BCUT2D eigenvalue weighted by atomic mass is 10.2. The second kappa shape index (κ2) is 7.80. The molecule has 1 unspecified atom stereocenters. The molecule has 0 aliphatic heterocycles. The monoisotopic (exact) mass is 222 g/mol. The molecule has 1 atom stereocenters. The average molecular weight is 222 g/mol. The molecule has 0 saturated heterocycles. The van der Waals surface area contributed by atoms with Crippen molar-refractivity contribution in [1.29, 1.82) is 0 Å². The fourth-order valence-electron chi connectivity index (χ4n) is 1.17. The van der Waals surface area contributed by atoms with Gasteiger partial charge in [0.25, 0.3) is 0 Å². The van der Waals surface area contributed by atoms with E-state index in [9.17, 15) is 0 Å². The predicted octanol–water partition coefficient (Wildman–Crippen LogP) is 3.98. The summed E-state index contributed by atoms with van der Waals surface area (Å²) < 4.78 is 11.0. The van der Waals surface area contributed by atoms with Crippen LogP contribution in [-0.4, -0.2) is 13.2 Å². The zero-order valence-electron chi connectivity index (χ0n) is 10.7. The topological polar surface area (TPSA) is 18.5 Å². The number of hydrogen-bond acceptors (Lipinski definition) is 2. The molecule has 0 amide bonds. The van der Waals surface area contributed by atoms with E-state index in [1.54, 1.807) is 19.3 Å². The van der Waals surface area contributed by atoms with Crippen LogP contribution >= 0.6 is 0 Å². The van der Waals surface area contributed by atoms with Crippen molar-refractivity contribution in [3.8, 4) is 0 Å². The van der Waals surface area contributed by atoms with Crippen LogP contribution in [0.2, 0.25) is 0 Å². The minimum absolute atomic E-state index is 0.170. The molecule has 0 bridgehead atoms. The molecule has 0 N–H and O–H groups in total. The molecule has 0 aromatic heterocycles. The van der Waals surface area contributed by atoms with Gasteiger partial charge in [-0.05, 0) is 32.4 Å². The average Bonchev–Trinajstić information content (AvgIpc) is 2.29. The zero-order valence-corrected chi connectivity index (χ0v) is 10.7. The summed E-state index contributed by atoms with van der Waals surface area (Å²) in [6, 6.07) is 0. The molecule has 0 aromatic rings. The van der Waals surface area contributed by atoms with Gasteiger partial charge in [0, 0.05) is 5.57 Å². The van der Waals surface area contributed by atoms with E-state index in [-0.39, 0.29) is 6.10 Å². The molecule has 0 saturated carbocycles. The van der Waals surface area contributed by atoms with Gasteiger partial charge >= 0.3 is 0 Å². The summed E-state index contributed by atoms with van der Waals surface area (Å²) in [6.07, 6.45) is 6.34. The van der Waals surface area contributed by atoms with E-state index in [0.717, 1.165) is 23.5 Å². The molecule has 2 nitrogen and oxygen atoms in total. The third kappa shape index (κ3) is 4.39. The molecule has 0 rings (SSSR count). The predicted molar refractivity (Wildman–Crippen MR) is 69.0 cm³/mol. The smallest absolute Gasteiger partial charge is 0.126 e. The van der Waals surface area contributed by atoms with Crippen LogP contribution in [0.3, 0.4) is 0 Å². The minimum Gasteiger partial charge on any atom is -0.496 e. The van der Waals surface area contributed by atoms with Crippen LogP contribution in [0.1, 0.15) is 27.2 Å². The standard InChI is InChI=1S/C14H22O2/c1-7-10-14(16-11(4)8-2)12(5)13(9-3)15-6/h7,9-11H,1,3,8H2,2,4-6H3/b13-12+,14-10+. The number of allylic oxidation sites excluding steroid dienone is 4. The Kier molecular flexibility index (Phi) is 7.10. The summed E-state index contributed by atoms with van der Waals surface area (Å²) in [5.41, 5.74) is 0.928. The van der Waals surface area contributed by atoms with Gasteiger partial charge in [0.1, 0.15) is 11.5 Å². The zero-order chi connectivity index (χ0) is 12.6. The molecule has 0 spiro atoms. The van der Waals surface area contributed by atoms with Gasteiger partial charge in [0.2, 0.25) is 0 Å². The molecular formula is C14H22O2. The normalized spacial score (nSPS) is 14.9. The van der Waals surface area contributed by atoms with Crippen molar-refractivity contribution in [2.45, 2.75) is 33.3 Å². The Labute approximate surface area is 99.0 Å². The Bertz CT molecular complexity index is 298. The molecule has 0 aromatic carbocycles. The third-order valence-corrected chi connectivity index (χ3v) is 2.32. The first-order chi connectivity index (χ1) is 7.60. The summed E-state index contributed by atoms with van der Waals surface area (Å²) >= 11 is 0. The Morgan fingerprint density at radius 1 is 1.38 bits per heavy atom. The lowest BCUT2D eigenvalue weighted by Gasteiger charge is -2.17. The SMILES string of the molecule is C=C/C=C(OC(C)CC)\C(C)=C(/C=C)OC. The van der Waals surface area contributed by atoms with Crippen LogP contribution < -0.4 is 0 Å². The molecule has 2 heteroatoms. The van der Waals surface area contributed by atoms with Gasteiger partial charge in [-0.1, -0.05) is 26.2 Å². The summed E-state index contributed by atoms with van der Waals surface area (Å²) in [4.78, 5) is 0. The minimum atomic E-state index is 0.170. The first-order valence-electron chi connectivity index (χ1n) is 5.47. The first-order valence-corrected chi connectivity index (χ1v) is 5.47. The maximum Gasteiger partial charge on any atom is 0.126 e. The van der Waals surface area contributed by atoms with Crippen molar-refractivity contribution in [2.24, 2.45) is 0 Å². The number of hydrogen-bond donors (Lipinski definition) is 0. The number of rotatable bonds is 7. The van der Waals surface area contributed by atoms with E-state index in [0.29, 0.717) is 0 Å². The molecule has 16 heavy (non-hydrogen) atoms. The van der Waals surface area contributed by atoms with Gasteiger partial charge in [0.15, 0.2) is 0 Å². The highest BCUT2D eigenvalue weighted by Crippen LogP contribution is 2.19. The molecule has 0 aliphatic rings. The molecule has 90 valence electrons. The fourth-order valence-corrected chi connectivity index (χ4v) is 1.17. The number of methoxy groups -OCH3 is 1. The quantitative estimate of drug-likeness (QED) is 0.479. The van der Waals surface area contributed by atoms with E-state index in [1.165, 1.54) is 0 Å². The Morgan fingerprint density at radius 3 is 2.38 bits per heavy atom. The van der Waals surface area contributed by atoms with Gasteiger partial charge in [-0.15, -0.1) is 0 Å². The van der Waals surface area contributed by atoms with Crippen LogP contribution in [0, 0.1) is 0 Å². The summed E-state index contributed by atoms with van der Waals surface area (Å²) in [5, 5.41) is 0. The van der Waals surface area contributed by atoms with E-state index in [1.807, 2.05) is 19.9 Å². The molecule has 0 aliphatic carbocycles. The highest BCUT2D eigenvalue weighted by molar-refractivity contribution is 5.33. The summed E-state index contributed by atoms with van der Waals surface area (Å²) in [6.45, 7) is 13.4. The maximum atomic E-state index is 5.79. The largest absolute Gasteiger partial charge is 0.496 e. The van der Waals surface area contributed by atoms with Gasteiger partial charge in [0.05, 0.1) is 13.2 Å². The van der Waals surface area contributed by atoms with Crippen molar-refractivity contribution >= 4 is 0 Å². The Morgan fingerprint density at radius 2 is 2.00 bits per heavy atom. The van der Waals surface area contributed by atoms with Crippen molar-refractivity contribution < 1.29 is 9.47 Å². The summed E-state index contributed by atoms with van der Waals surface area (Å²) in [7, 11) is 1.62. The van der Waals surface area contributed by atoms with E-state index in [2.05, 4.69) is 20.1 Å². The second-order valence-electron chi connectivity index (χ2n) is 3.50. The van der Waals surface area contributed by atoms with Gasteiger partial charge in [-0.2, -0.15) is 0 Å². The van der Waals surface area contributed by atoms with E-state index in [4.69, 9.17) is 9.47 Å². The second-order valence-corrected chi connectivity index (χ2v) is 3.50. The lowest BCUT2D eigenvalue weighted by Crippen LogP contribution is -2.08. The van der Waals surface area contributed by atoms with E-state index >= 15 is 0 Å². The van der Waals surface area contributed by atoms with Crippen LogP contribution in [0.4, 0.5) is 0 Å². The van der Waals surface area contributed by atoms with Gasteiger partial charge in [-0.25, -0.2) is 0 Å².